The molecule has 0 saturated carbocycles. The van der Waals surface area contributed by atoms with Crippen molar-refractivity contribution in [1.29, 1.82) is 5.26 Å². The van der Waals surface area contributed by atoms with Gasteiger partial charge in [-0.3, -0.25) is 4.79 Å². The Morgan fingerprint density at radius 3 is 2.71 bits per heavy atom. The maximum absolute atomic E-state index is 12.1. The molecule has 0 radical (unpaired) electrons. The van der Waals surface area contributed by atoms with Gasteiger partial charge in [-0.25, -0.2) is 0 Å². The van der Waals surface area contributed by atoms with E-state index in [1.54, 1.807) is 6.07 Å². The number of ether oxygens (including phenoxy) is 1. The number of hydrogen-bond acceptors (Lipinski definition) is 4. The number of aliphatic carboxylic acids is 1. The van der Waals surface area contributed by atoms with Gasteiger partial charge in [0, 0.05) is 5.56 Å². The minimum absolute atomic E-state index is 0.0581. The molecule has 3 N–H and O–H groups in total. The summed E-state index contributed by atoms with van der Waals surface area (Å²) in [5.74, 6) is -1.73. The second kappa shape index (κ2) is 5.12. The molecular formula is C10H8F2N2O3. The van der Waals surface area contributed by atoms with Gasteiger partial charge in [-0.2, -0.15) is 14.0 Å². The molecule has 0 atom stereocenters. The molecule has 0 unspecified atom stereocenters. The molecule has 90 valence electrons. The van der Waals surface area contributed by atoms with Crippen LogP contribution in [0.3, 0.4) is 0 Å². The van der Waals surface area contributed by atoms with Gasteiger partial charge in [0.1, 0.15) is 0 Å². The number of carboxylic acid groups (broad SMARTS) is 1. The number of anilines is 1. The van der Waals surface area contributed by atoms with E-state index in [0.717, 1.165) is 0 Å². The smallest absolute Gasteiger partial charge is 0.387 e. The minimum atomic E-state index is -3.14. The lowest BCUT2D eigenvalue weighted by atomic mass is 10.0. The SMILES string of the molecule is N#Cc1ccc(N)c(OC(F)F)c1CC(=O)O. The Morgan fingerprint density at radius 2 is 2.24 bits per heavy atom. The summed E-state index contributed by atoms with van der Waals surface area (Å²) < 4.78 is 28.4. The Bertz CT molecular complexity index is 483. The molecule has 5 nitrogen and oxygen atoms in total. The van der Waals surface area contributed by atoms with Crippen LogP contribution in [0.25, 0.3) is 0 Å². The first-order chi connectivity index (χ1) is 7.95. The van der Waals surface area contributed by atoms with Crippen molar-refractivity contribution in [2.45, 2.75) is 13.0 Å². The number of nitrogens with zero attached hydrogens (tertiary/aromatic N) is 1. The van der Waals surface area contributed by atoms with E-state index in [1.807, 2.05) is 0 Å². The number of rotatable bonds is 4. The summed E-state index contributed by atoms with van der Waals surface area (Å²) in [5.41, 5.74) is 5.06. The third kappa shape index (κ3) is 3.04. The van der Waals surface area contributed by atoms with Crippen LogP contribution in [0.15, 0.2) is 12.1 Å². The number of halogens is 2. The van der Waals surface area contributed by atoms with Crippen molar-refractivity contribution < 1.29 is 23.4 Å². The average Bonchev–Trinajstić information content (AvgIpc) is 2.22. The topological polar surface area (TPSA) is 96.3 Å². The van der Waals surface area contributed by atoms with Crippen molar-refractivity contribution in [3.05, 3.63) is 23.3 Å². The van der Waals surface area contributed by atoms with Crippen LogP contribution in [0.2, 0.25) is 0 Å². The first-order valence-corrected chi connectivity index (χ1v) is 4.43. The summed E-state index contributed by atoms with van der Waals surface area (Å²) >= 11 is 0. The van der Waals surface area contributed by atoms with E-state index in [-0.39, 0.29) is 16.8 Å². The molecule has 1 aromatic rings. The summed E-state index contributed by atoms with van der Waals surface area (Å²) in [5, 5.41) is 17.4. The van der Waals surface area contributed by atoms with Crippen LogP contribution < -0.4 is 10.5 Å². The molecule has 0 spiro atoms. The van der Waals surface area contributed by atoms with Crippen molar-refractivity contribution in [3.63, 3.8) is 0 Å². The Kier molecular flexibility index (Phi) is 3.82. The van der Waals surface area contributed by atoms with Crippen LogP contribution in [0.1, 0.15) is 11.1 Å². The second-order valence-electron chi connectivity index (χ2n) is 3.07. The number of carbonyl (C=O) groups is 1. The third-order valence-electron chi connectivity index (χ3n) is 1.95. The molecule has 1 rings (SSSR count). The van der Waals surface area contributed by atoms with E-state index in [2.05, 4.69) is 4.74 Å². The van der Waals surface area contributed by atoms with Crippen molar-refractivity contribution >= 4 is 11.7 Å². The summed E-state index contributed by atoms with van der Waals surface area (Å²) in [6.07, 6.45) is -0.615. The molecule has 1 aromatic carbocycles. The van der Waals surface area contributed by atoms with E-state index in [9.17, 15) is 13.6 Å². The zero-order valence-corrected chi connectivity index (χ0v) is 8.48. The highest BCUT2D eigenvalue weighted by molar-refractivity contribution is 5.75. The Balaban J connectivity index is 3.32. The lowest BCUT2D eigenvalue weighted by Crippen LogP contribution is -2.11. The fraction of sp³-hybridized carbons (Fsp3) is 0.200. The first kappa shape index (κ1) is 12.7. The van der Waals surface area contributed by atoms with Gasteiger partial charge in [0.25, 0.3) is 0 Å². The summed E-state index contributed by atoms with van der Waals surface area (Å²) in [6, 6.07) is 4.16. The highest BCUT2D eigenvalue weighted by atomic mass is 19.3. The largest absolute Gasteiger partial charge is 0.481 e. The molecule has 7 heteroatoms. The van der Waals surface area contributed by atoms with Crippen LogP contribution >= 0.6 is 0 Å². The molecule has 0 aromatic heterocycles. The standard InChI is InChI=1S/C10H8F2N2O3/c11-10(12)17-9-6(3-8(15)16)5(4-13)1-2-7(9)14/h1-2,10H,3,14H2,(H,15,16). The third-order valence-corrected chi connectivity index (χ3v) is 1.95. The Hall–Kier alpha value is -2.36. The molecule has 0 aliphatic rings. The van der Waals surface area contributed by atoms with Gasteiger partial charge in [0.2, 0.25) is 0 Å². The number of nitrogens with two attached hydrogens (primary N) is 1. The maximum atomic E-state index is 12.1. The quantitative estimate of drug-likeness (QED) is 0.777. The lowest BCUT2D eigenvalue weighted by Gasteiger charge is -2.13. The monoisotopic (exact) mass is 242 g/mol. The molecule has 0 bridgehead atoms. The van der Waals surface area contributed by atoms with Gasteiger partial charge in [0.15, 0.2) is 5.75 Å². The van der Waals surface area contributed by atoms with Gasteiger partial charge >= 0.3 is 12.6 Å². The Morgan fingerprint density at radius 1 is 1.59 bits per heavy atom. The molecule has 0 heterocycles. The van der Waals surface area contributed by atoms with E-state index < -0.39 is 24.8 Å². The zero-order chi connectivity index (χ0) is 13.0. The van der Waals surface area contributed by atoms with Crippen LogP contribution in [-0.2, 0) is 11.2 Å². The first-order valence-electron chi connectivity index (χ1n) is 4.43. The number of nitrogen functional groups attached to an aromatic ring is 1. The van der Waals surface area contributed by atoms with Crippen molar-refractivity contribution in [2.24, 2.45) is 0 Å². The van der Waals surface area contributed by atoms with Gasteiger partial charge < -0.3 is 15.6 Å². The number of benzene rings is 1. The van der Waals surface area contributed by atoms with E-state index in [1.165, 1.54) is 12.1 Å². The fourth-order valence-electron chi connectivity index (χ4n) is 1.31. The molecule has 0 saturated heterocycles. The molecule has 0 fully saturated rings. The normalized spacial score (nSPS) is 10.0. The summed E-state index contributed by atoms with van der Waals surface area (Å²) in [7, 11) is 0. The van der Waals surface area contributed by atoms with Crippen LogP contribution in [0.4, 0.5) is 14.5 Å². The van der Waals surface area contributed by atoms with Crippen molar-refractivity contribution in [3.8, 4) is 11.8 Å². The van der Waals surface area contributed by atoms with Crippen LogP contribution in [-0.4, -0.2) is 17.7 Å². The van der Waals surface area contributed by atoms with Gasteiger partial charge in [-0.1, -0.05) is 0 Å². The number of carboxylic acids is 1. The number of nitriles is 1. The van der Waals surface area contributed by atoms with E-state index in [0.29, 0.717) is 0 Å². The van der Waals surface area contributed by atoms with Crippen molar-refractivity contribution in [1.82, 2.24) is 0 Å². The van der Waals surface area contributed by atoms with Gasteiger partial charge in [-0.15, -0.1) is 0 Å². The molecule has 0 aliphatic heterocycles. The van der Waals surface area contributed by atoms with E-state index >= 15 is 0 Å². The highest BCUT2D eigenvalue weighted by Gasteiger charge is 2.19. The van der Waals surface area contributed by atoms with Gasteiger partial charge in [-0.05, 0) is 12.1 Å². The Labute approximate surface area is 95.0 Å². The summed E-state index contributed by atoms with van der Waals surface area (Å²) in [4.78, 5) is 10.6. The molecule has 0 aliphatic carbocycles. The van der Waals surface area contributed by atoms with Crippen LogP contribution in [0, 0.1) is 11.3 Å². The maximum Gasteiger partial charge on any atom is 0.387 e. The van der Waals surface area contributed by atoms with Crippen LogP contribution in [0.5, 0.6) is 5.75 Å². The fourth-order valence-corrected chi connectivity index (χ4v) is 1.31. The predicted molar refractivity (Wildman–Crippen MR) is 53.5 cm³/mol. The molecule has 0 amide bonds. The van der Waals surface area contributed by atoms with E-state index in [4.69, 9.17) is 16.1 Å². The second-order valence-corrected chi connectivity index (χ2v) is 3.07. The average molecular weight is 242 g/mol. The molecular weight excluding hydrogens is 234 g/mol. The molecule has 17 heavy (non-hydrogen) atoms. The highest BCUT2D eigenvalue weighted by Crippen LogP contribution is 2.31. The zero-order valence-electron chi connectivity index (χ0n) is 8.48. The number of hydrogen-bond donors (Lipinski definition) is 2. The van der Waals surface area contributed by atoms with Gasteiger partial charge in [0.05, 0.1) is 23.7 Å². The summed E-state index contributed by atoms with van der Waals surface area (Å²) in [6.45, 7) is -3.14. The number of alkyl halides is 2. The van der Waals surface area contributed by atoms with Crippen molar-refractivity contribution in [2.75, 3.05) is 5.73 Å². The lowest BCUT2D eigenvalue weighted by molar-refractivity contribution is -0.136. The predicted octanol–water partition coefficient (Wildman–Crippen LogP) is 1.37. The minimum Gasteiger partial charge on any atom is -0.481 e.